The number of rotatable bonds is 5. The summed E-state index contributed by atoms with van der Waals surface area (Å²) < 4.78 is 14.9. The molecule has 1 atom stereocenters. The summed E-state index contributed by atoms with van der Waals surface area (Å²) in [5.74, 6) is -0.648. The smallest absolute Gasteiger partial charge is 0.168 e. The Morgan fingerprint density at radius 1 is 1.45 bits per heavy atom. The van der Waals surface area contributed by atoms with Crippen molar-refractivity contribution < 1.29 is 9.18 Å². The summed E-state index contributed by atoms with van der Waals surface area (Å²) in [4.78, 5) is 12.1. The first-order valence-corrected chi connectivity index (χ1v) is 6.91. The van der Waals surface area contributed by atoms with Crippen LogP contribution < -0.4 is 0 Å². The number of hydrogen-bond donors (Lipinski definition) is 0. The van der Waals surface area contributed by atoms with Gasteiger partial charge in [0.05, 0.1) is 17.1 Å². The number of carbonyl (C=O) groups is 1. The number of halogens is 2. The molecule has 1 aromatic heterocycles. The minimum absolute atomic E-state index is 0.0408. The quantitative estimate of drug-likeness (QED) is 0.779. The molecule has 0 saturated carbocycles. The molecule has 20 heavy (non-hydrogen) atoms. The average Bonchev–Trinajstić information content (AvgIpc) is 2.89. The number of carbonyl (C=O) groups excluding carboxylic acids is 1. The van der Waals surface area contributed by atoms with E-state index >= 15 is 0 Å². The molecule has 0 amide bonds. The van der Waals surface area contributed by atoms with E-state index in [1.54, 1.807) is 0 Å². The maximum Gasteiger partial charge on any atom is 0.168 e. The molecule has 0 bridgehead atoms. The molecule has 1 aromatic carbocycles. The van der Waals surface area contributed by atoms with Crippen molar-refractivity contribution in [2.45, 2.75) is 32.7 Å². The van der Waals surface area contributed by atoms with E-state index in [4.69, 9.17) is 11.6 Å². The van der Waals surface area contributed by atoms with E-state index in [2.05, 4.69) is 18.9 Å². The monoisotopic (exact) mass is 294 g/mol. The second-order valence-electron chi connectivity index (χ2n) is 4.77. The highest BCUT2D eigenvalue weighted by Gasteiger charge is 2.12. The minimum atomic E-state index is -0.524. The number of nitrogens with zero attached hydrogens (tertiary/aromatic N) is 2. The topological polar surface area (TPSA) is 34.9 Å². The Kier molecular flexibility index (Phi) is 4.55. The first kappa shape index (κ1) is 14.7. The highest BCUT2D eigenvalue weighted by molar-refractivity contribution is 6.31. The molecule has 2 aromatic rings. The molecular weight excluding hydrogens is 279 g/mol. The Morgan fingerprint density at radius 2 is 2.20 bits per heavy atom. The van der Waals surface area contributed by atoms with Crippen LogP contribution in [0.15, 0.2) is 30.5 Å². The van der Waals surface area contributed by atoms with Crippen molar-refractivity contribution in [3.05, 3.63) is 52.6 Å². The molecule has 0 aliphatic rings. The van der Waals surface area contributed by atoms with Crippen LogP contribution in [-0.2, 0) is 6.42 Å². The Hall–Kier alpha value is -1.68. The highest BCUT2D eigenvalue weighted by atomic mass is 35.5. The standard InChI is InChI=1S/C15H16ClFN2O/c1-3-10(2)19-7-6-12(18-19)9-15(20)11-4-5-14(17)13(16)8-11/h4-8,10H,3,9H2,1-2H3. The van der Waals surface area contributed by atoms with Gasteiger partial charge in [0.1, 0.15) is 5.82 Å². The molecular formula is C15H16ClFN2O. The van der Waals surface area contributed by atoms with E-state index in [1.165, 1.54) is 18.2 Å². The maximum atomic E-state index is 13.1. The summed E-state index contributed by atoms with van der Waals surface area (Å²) >= 11 is 5.68. The fourth-order valence-electron chi connectivity index (χ4n) is 1.84. The van der Waals surface area contributed by atoms with Crippen LogP contribution in [0.5, 0.6) is 0 Å². The Labute approximate surface area is 122 Å². The van der Waals surface area contributed by atoms with Gasteiger partial charge < -0.3 is 0 Å². The molecule has 3 nitrogen and oxygen atoms in total. The molecule has 0 aliphatic carbocycles. The van der Waals surface area contributed by atoms with Crippen LogP contribution in [0.25, 0.3) is 0 Å². The second-order valence-corrected chi connectivity index (χ2v) is 5.18. The van der Waals surface area contributed by atoms with Crippen LogP contribution in [0.2, 0.25) is 5.02 Å². The highest BCUT2D eigenvalue weighted by Crippen LogP contribution is 2.17. The van der Waals surface area contributed by atoms with E-state index in [0.717, 1.165) is 6.42 Å². The lowest BCUT2D eigenvalue weighted by atomic mass is 10.1. The van der Waals surface area contributed by atoms with Crippen molar-refractivity contribution in [2.24, 2.45) is 0 Å². The number of benzene rings is 1. The number of ketones is 1. The summed E-state index contributed by atoms with van der Waals surface area (Å²) in [5, 5.41) is 4.33. The van der Waals surface area contributed by atoms with Crippen molar-refractivity contribution in [3.63, 3.8) is 0 Å². The molecule has 106 valence electrons. The fraction of sp³-hybridized carbons (Fsp3) is 0.333. The molecule has 1 unspecified atom stereocenters. The predicted molar refractivity (Wildman–Crippen MR) is 76.7 cm³/mol. The van der Waals surface area contributed by atoms with Crippen molar-refractivity contribution in [3.8, 4) is 0 Å². The molecule has 0 spiro atoms. The lowest BCUT2D eigenvalue weighted by Crippen LogP contribution is -2.08. The third-order valence-electron chi connectivity index (χ3n) is 3.29. The Bertz CT molecular complexity index is 624. The zero-order valence-electron chi connectivity index (χ0n) is 11.4. The van der Waals surface area contributed by atoms with Gasteiger partial charge in [-0.1, -0.05) is 18.5 Å². The first-order chi connectivity index (χ1) is 9.51. The van der Waals surface area contributed by atoms with Gasteiger partial charge in [-0.2, -0.15) is 5.10 Å². The van der Waals surface area contributed by atoms with E-state index in [9.17, 15) is 9.18 Å². The third-order valence-corrected chi connectivity index (χ3v) is 3.58. The van der Waals surface area contributed by atoms with Crippen molar-refractivity contribution in [1.82, 2.24) is 9.78 Å². The van der Waals surface area contributed by atoms with E-state index in [-0.39, 0.29) is 17.2 Å². The fourth-order valence-corrected chi connectivity index (χ4v) is 2.02. The number of Topliss-reactive ketones (excluding diaryl/α,β-unsaturated/α-hetero) is 1. The lowest BCUT2D eigenvalue weighted by Gasteiger charge is -2.08. The first-order valence-electron chi connectivity index (χ1n) is 6.53. The number of aromatic nitrogens is 2. The van der Waals surface area contributed by atoms with Gasteiger partial charge in [0.25, 0.3) is 0 Å². The summed E-state index contributed by atoms with van der Waals surface area (Å²) in [6, 6.07) is 6.13. The van der Waals surface area contributed by atoms with Gasteiger partial charge in [0.15, 0.2) is 5.78 Å². The summed E-state index contributed by atoms with van der Waals surface area (Å²) in [5.41, 5.74) is 1.10. The largest absolute Gasteiger partial charge is 0.294 e. The van der Waals surface area contributed by atoms with Crippen LogP contribution >= 0.6 is 11.6 Å². The second kappa shape index (κ2) is 6.18. The SMILES string of the molecule is CCC(C)n1ccc(CC(=O)c2ccc(F)c(Cl)c2)n1. The number of hydrogen-bond acceptors (Lipinski definition) is 2. The molecule has 0 N–H and O–H groups in total. The van der Waals surface area contributed by atoms with E-state index in [1.807, 2.05) is 16.9 Å². The third kappa shape index (κ3) is 3.25. The molecule has 0 aliphatic heterocycles. The summed E-state index contributed by atoms with van der Waals surface area (Å²) in [6.07, 6.45) is 3.03. The van der Waals surface area contributed by atoms with Crippen molar-refractivity contribution in [2.75, 3.05) is 0 Å². The molecule has 5 heteroatoms. The lowest BCUT2D eigenvalue weighted by molar-refractivity contribution is 0.0991. The molecule has 0 saturated heterocycles. The average molecular weight is 295 g/mol. The molecule has 2 rings (SSSR count). The van der Waals surface area contributed by atoms with Gasteiger partial charge in [-0.25, -0.2) is 4.39 Å². The molecule has 0 radical (unpaired) electrons. The van der Waals surface area contributed by atoms with Gasteiger partial charge in [0, 0.05) is 17.8 Å². The minimum Gasteiger partial charge on any atom is -0.294 e. The van der Waals surface area contributed by atoms with Gasteiger partial charge >= 0.3 is 0 Å². The van der Waals surface area contributed by atoms with Crippen LogP contribution in [0.1, 0.15) is 42.4 Å². The van der Waals surface area contributed by atoms with Gasteiger partial charge in [-0.05, 0) is 37.6 Å². The maximum absolute atomic E-state index is 13.1. The van der Waals surface area contributed by atoms with Gasteiger partial charge in [-0.15, -0.1) is 0 Å². The van der Waals surface area contributed by atoms with Crippen LogP contribution in [0, 0.1) is 5.82 Å². The van der Waals surface area contributed by atoms with Crippen LogP contribution in [-0.4, -0.2) is 15.6 Å². The summed E-state index contributed by atoms with van der Waals surface area (Å²) in [7, 11) is 0. The zero-order chi connectivity index (χ0) is 14.7. The van der Waals surface area contributed by atoms with Gasteiger partial charge in [0.2, 0.25) is 0 Å². The van der Waals surface area contributed by atoms with Crippen molar-refractivity contribution in [1.29, 1.82) is 0 Å². The molecule has 1 heterocycles. The summed E-state index contributed by atoms with van der Waals surface area (Å²) in [6.45, 7) is 4.15. The van der Waals surface area contributed by atoms with E-state index in [0.29, 0.717) is 17.3 Å². The predicted octanol–water partition coefficient (Wildman–Crippen LogP) is 4.07. The Morgan fingerprint density at radius 3 is 2.85 bits per heavy atom. The normalized spacial score (nSPS) is 12.4. The van der Waals surface area contributed by atoms with Gasteiger partial charge in [-0.3, -0.25) is 9.48 Å². The Balaban J connectivity index is 2.11. The van der Waals surface area contributed by atoms with E-state index < -0.39 is 5.82 Å². The van der Waals surface area contributed by atoms with Crippen LogP contribution in [0.3, 0.4) is 0 Å². The molecule has 0 fully saturated rings. The zero-order valence-corrected chi connectivity index (χ0v) is 12.2. The van der Waals surface area contributed by atoms with Crippen molar-refractivity contribution >= 4 is 17.4 Å². The van der Waals surface area contributed by atoms with Crippen LogP contribution in [0.4, 0.5) is 4.39 Å².